The number of amides is 4. The molecule has 2 aromatic carbocycles. The fourth-order valence-electron chi connectivity index (χ4n) is 4.88. The first-order valence-corrected chi connectivity index (χ1v) is 20.3. The number of halogens is 2. The highest BCUT2D eigenvalue weighted by Crippen LogP contribution is 2.39. The van der Waals surface area contributed by atoms with Crippen LogP contribution < -0.4 is 49.9 Å². The number of aliphatic imine (C=N–C) groups is 2. The maximum Gasteiger partial charge on any atom is 0.274 e. The number of nitrogens with two attached hydrogens (primary N) is 5. The third kappa shape index (κ3) is 15.7. The molecule has 302 valence electrons. The third-order valence-corrected chi connectivity index (χ3v) is 10.1. The Bertz CT molecular complexity index is 1780. The summed E-state index contributed by atoms with van der Waals surface area (Å²) in [5.41, 5.74) is 28.5. The zero-order valence-corrected chi connectivity index (χ0v) is 34.0. The fraction of sp³-hybridized carbons (Fsp3) is 0.371. The van der Waals surface area contributed by atoms with Crippen LogP contribution in [0.15, 0.2) is 56.4 Å². The summed E-state index contributed by atoms with van der Waals surface area (Å²) in [5, 5.41) is 11.8. The van der Waals surface area contributed by atoms with Crippen LogP contribution in [-0.2, 0) is 9.59 Å². The van der Waals surface area contributed by atoms with Crippen LogP contribution in [0.5, 0.6) is 0 Å². The lowest BCUT2D eigenvalue weighted by Gasteiger charge is -2.17. The van der Waals surface area contributed by atoms with E-state index in [-0.39, 0.29) is 76.1 Å². The SMILES string of the molecule is CCCCCC(=O)Nc1cc(Cl)cc(NC(=O)c2cc(C(=O)Nc3cc(Cl)cc(NC(=O)CCCCN)c3SCCN=C(N)N)ncn2)c1SCCN=C(N)N. The van der Waals surface area contributed by atoms with Gasteiger partial charge in [-0.05, 0) is 50.1 Å². The molecule has 0 aliphatic carbocycles. The number of nitrogens with one attached hydrogen (secondary N) is 4. The Balaban J connectivity index is 1.90. The lowest BCUT2D eigenvalue weighted by molar-refractivity contribution is -0.117. The molecule has 3 rings (SSSR count). The highest BCUT2D eigenvalue weighted by atomic mass is 35.5. The summed E-state index contributed by atoms with van der Waals surface area (Å²) in [5.74, 6) is -1.21. The van der Waals surface area contributed by atoms with Crippen LogP contribution in [-0.4, -0.2) is 76.7 Å². The molecule has 3 aromatic rings. The van der Waals surface area contributed by atoms with Gasteiger partial charge in [0.2, 0.25) is 11.8 Å². The van der Waals surface area contributed by atoms with E-state index in [1.165, 1.54) is 41.7 Å². The quantitative estimate of drug-likeness (QED) is 0.0289. The van der Waals surface area contributed by atoms with Crippen molar-refractivity contribution in [3.05, 3.63) is 58.1 Å². The van der Waals surface area contributed by atoms with Gasteiger partial charge in [0.1, 0.15) is 17.7 Å². The summed E-state index contributed by atoms with van der Waals surface area (Å²) in [4.78, 5) is 70.0. The molecule has 0 aliphatic heterocycles. The van der Waals surface area contributed by atoms with Crippen molar-refractivity contribution in [1.82, 2.24) is 9.97 Å². The Morgan fingerprint density at radius 1 is 0.643 bits per heavy atom. The predicted octanol–water partition coefficient (Wildman–Crippen LogP) is 4.61. The van der Waals surface area contributed by atoms with E-state index < -0.39 is 11.8 Å². The zero-order valence-electron chi connectivity index (χ0n) is 30.8. The second kappa shape index (κ2) is 24.0. The Kier molecular flexibility index (Phi) is 19.5. The first-order chi connectivity index (χ1) is 26.8. The van der Waals surface area contributed by atoms with Crippen molar-refractivity contribution in [1.29, 1.82) is 0 Å². The average molecular weight is 849 g/mol. The molecule has 0 aliphatic rings. The van der Waals surface area contributed by atoms with Crippen molar-refractivity contribution >= 4 is 105 Å². The Morgan fingerprint density at radius 3 is 1.45 bits per heavy atom. The molecule has 0 spiro atoms. The summed E-state index contributed by atoms with van der Waals surface area (Å²) < 4.78 is 0. The van der Waals surface area contributed by atoms with Gasteiger partial charge in [0.05, 0.1) is 45.6 Å². The highest BCUT2D eigenvalue weighted by Gasteiger charge is 2.21. The van der Waals surface area contributed by atoms with E-state index in [4.69, 9.17) is 51.9 Å². The molecule has 4 amide bonds. The molecule has 0 fully saturated rings. The van der Waals surface area contributed by atoms with Crippen molar-refractivity contribution < 1.29 is 19.2 Å². The van der Waals surface area contributed by atoms with E-state index in [2.05, 4.69) is 41.2 Å². The number of guanidine groups is 2. The molecule has 0 bridgehead atoms. The Labute approximate surface area is 343 Å². The molecule has 56 heavy (non-hydrogen) atoms. The van der Waals surface area contributed by atoms with Crippen molar-refractivity contribution in [2.45, 2.75) is 61.7 Å². The van der Waals surface area contributed by atoms with E-state index >= 15 is 0 Å². The number of rotatable bonds is 22. The van der Waals surface area contributed by atoms with Crippen LogP contribution in [0, 0.1) is 0 Å². The fourth-order valence-corrected chi connectivity index (χ4v) is 7.16. The van der Waals surface area contributed by atoms with Gasteiger partial charge in [-0.25, -0.2) is 9.97 Å². The largest absolute Gasteiger partial charge is 0.370 e. The molecular weight excluding hydrogens is 802 g/mol. The molecule has 14 N–H and O–H groups in total. The number of anilines is 4. The van der Waals surface area contributed by atoms with Crippen molar-refractivity contribution in [3.63, 3.8) is 0 Å². The van der Waals surface area contributed by atoms with E-state index in [0.717, 1.165) is 19.2 Å². The predicted molar refractivity (Wildman–Crippen MR) is 228 cm³/mol. The number of hydrogen-bond acceptors (Lipinski definition) is 11. The number of benzene rings is 2. The minimum atomic E-state index is -0.693. The number of aromatic nitrogens is 2. The number of thioether (sulfide) groups is 2. The summed E-state index contributed by atoms with van der Waals surface area (Å²) in [6.07, 6.45) is 5.47. The minimum Gasteiger partial charge on any atom is -0.370 e. The average Bonchev–Trinajstić information content (AvgIpc) is 3.13. The van der Waals surface area contributed by atoms with Crippen LogP contribution in [0.3, 0.4) is 0 Å². The standard InChI is InChI=1S/C35H47Cl2N13O4S2/c1-2-3-4-7-28(51)47-22-14-20(36)16-24(30(22)55-12-10-43-34(39)40)49-32(53)26-18-27(46-19-45-26)33(54)50-25-17-21(37)15-23(48-29(52)8-5-6-9-38)31(25)56-13-11-44-35(41)42/h14-19H,2-13,38H2,1H3,(H,47,51)(H,48,52)(H,49,53)(H,50,54)(H4,39,40,43)(H4,41,42,44). The highest BCUT2D eigenvalue weighted by molar-refractivity contribution is 7.99. The Morgan fingerprint density at radius 2 is 1.05 bits per heavy atom. The van der Waals surface area contributed by atoms with Gasteiger partial charge in [-0.3, -0.25) is 29.2 Å². The molecule has 0 unspecified atom stereocenters. The van der Waals surface area contributed by atoms with Gasteiger partial charge in [0.15, 0.2) is 11.9 Å². The summed E-state index contributed by atoms with van der Waals surface area (Å²) in [7, 11) is 0. The molecule has 1 aromatic heterocycles. The molecule has 0 saturated carbocycles. The smallest absolute Gasteiger partial charge is 0.274 e. The second-order valence-electron chi connectivity index (χ2n) is 12.0. The van der Waals surface area contributed by atoms with Crippen molar-refractivity contribution in [2.24, 2.45) is 38.7 Å². The van der Waals surface area contributed by atoms with Gasteiger partial charge < -0.3 is 49.9 Å². The first kappa shape index (κ1) is 45.6. The first-order valence-electron chi connectivity index (χ1n) is 17.6. The number of nitrogens with zero attached hydrogens (tertiary/aromatic N) is 4. The van der Waals surface area contributed by atoms with Crippen LogP contribution >= 0.6 is 46.7 Å². The normalized spacial score (nSPS) is 10.6. The molecule has 17 nitrogen and oxygen atoms in total. The summed E-state index contributed by atoms with van der Waals surface area (Å²) in [6, 6.07) is 7.43. The van der Waals surface area contributed by atoms with Crippen molar-refractivity contribution in [2.75, 3.05) is 52.4 Å². The van der Waals surface area contributed by atoms with Gasteiger partial charge in [0.25, 0.3) is 11.8 Å². The molecule has 0 saturated heterocycles. The van der Waals surface area contributed by atoms with Gasteiger partial charge in [-0.2, -0.15) is 0 Å². The summed E-state index contributed by atoms with van der Waals surface area (Å²) >= 11 is 15.5. The molecule has 1 heterocycles. The lowest BCUT2D eigenvalue weighted by atomic mass is 10.2. The number of hydrogen-bond donors (Lipinski definition) is 9. The van der Waals surface area contributed by atoms with Gasteiger partial charge in [-0.15, -0.1) is 23.5 Å². The van der Waals surface area contributed by atoms with E-state index in [0.29, 0.717) is 64.9 Å². The molecular formula is C35H47Cl2N13O4S2. The maximum atomic E-state index is 13.6. The summed E-state index contributed by atoms with van der Waals surface area (Å²) in [6.45, 7) is 3.03. The van der Waals surface area contributed by atoms with E-state index in [9.17, 15) is 19.2 Å². The van der Waals surface area contributed by atoms with Crippen LogP contribution in [0.25, 0.3) is 0 Å². The third-order valence-electron chi connectivity index (χ3n) is 7.41. The molecule has 0 atom stereocenters. The van der Waals surface area contributed by atoms with E-state index in [1.54, 1.807) is 12.1 Å². The second-order valence-corrected chi connectivity index (χ2v) is 15.0. The van der Waals surface area contributed by atoms with Crippen LogP contribution in [0.4, 0.5) is 22.7 Å². The molecule has 21 heteroatoms. The zero-order chi connectivity index (χ0) is 41.0. The Hall–Kier alpha value is -4.82. The lowest BCUT2D eigenvalue weighted by Crippen LogP contribution is -2.23. The van der Waals surface area contributed by atoms with Gasteiger partial charge in [0, 0.05) is 40.5 Å². The minimum absolute atomic E-state index is 0.0715. The monoisotopic (exact) mass is 847 g/mol. The molecule has 0 radical (unpaired) electrons. The van der Waals surface area contributed by atoms with E-state index in [1.807, 2.05) is 6.92 Å². The number of carbonyl (C=O) groups is 4. The number of unbranched alkanes of at least 4 members (excludes halogenated alkanes) is 3. The van der Waals surface area contributed by atoms with Crippen molar-refractivity contribution in [3.8, 4) is 0 Å². The number of carbonyl (C=O) groups excluding carboxylic acids is 4. The maximum absolute atomic E-state index is 13.6. The van der Waals surface area contributed by atoms with Gasteiger partial charge >= 0.3 is 0 Å². The van der Waals surface area contributed by atoms with Crippen LogP contribution in [0.2, 0.25) is 10.0 Å². The topological polar surface area (TPSA) is 297 Å². The van der Waals surface area contributed by atoms with Gasteiger partial charge in [-0.1, -0.05) is 43.0 Å². The van der Waals surface area contributed by atoms with Crippen LogP contribution in [0.1, 0.15) is 72.8 Å².